The lowest BCUT2D eigenvalue weighted by molar-refractivity contribution is -0.470. The molecule has 3 heterocycles. The van der Waals surface area contributed by atoms with Crippen molar-refractivity contribution in [2.45, 2.75) is 33.7 Å². The van der Waals surface area contributed by atoms with Gasteiger partial charge < -0.3 is 14.2 Å². The van der Waals surface area contributed by atoms with Crippen LogP contribution < -0.4 is 0 Å². The van der Waals surface area contributed by atoms with Gasteiger partial charge in [-0.3, -0.25) is 0 Å². The Bertz CT molecular complexity index is 192. The van der Waals surface area contributed by atoms with Crippen LogP contribution in [-0.4, -0.2) is 25.8 Å². The molecule has 0 N–H and O–H groups in total. The Morgan fingerprint density at radius 2 is 1.31 bits per heavy atom. The largest absolute Gasteiger partial charge is 0.327 e. The lowest BCUT2D eigenvalue weighted by atomic mass is 9.67. The van der Waals surface area contributed by atoms with Crippen LogP contribution in [0.5, 0.6) is 0 Å². The summed E-state index contributed by atoms with van der Waals surface area (Å²) in [4.78, 5) is 0. The molecule has 0 aliphatic carbocycles. The molecule has 3 saturated heterocycles. The van der Waals surface area contributed by atoms with Crippen molar-refractivity contribution in [1.82, 2.24) is 0 Å². The highest BCUT2D eigenvalue weighted by molar-refractivity contribution is 4.95. The summed E-state index contributed by atoms with van der Waals surface area (Å²) in [5, 5.41) is 0. The van der Waals surface area contributed by atoms with E-state index in [0.717, 1.165) is 19.8 Å². The Morgan fingerprint density at radius 1 is 0.923 bits per heavy atom. The van der Waals surface area contributed by atoms with Crippen molar-refractivity contribution in [3.63, 3.8) is 0 Å². The first kappa shape index (κ1) is 9.44. The summed E-state index contributed by atoms with van der Waals surface area (Å²) >= 11 is 0. The van der Waals surface area contributed by atoms with Gasteiger partial charge in [-0.25, -0.2) is 0 Å². The quantitative estimate of drug-likeness (QED) is 0.577. The van der Waals surface area contributed by atoms with E-state index in [1.807, 2.05) is 6.92 Å². The molecule has 0 aromatic carbocycles. The van der Waals surface area contributed by atoms with Gasteiger partial charge in [0.25, 0.3) is 5.97 Å². The van der Waals surface area contributed by atoms with Crippen LogP contribution in [0.1, 0.15) is 27.7 Å². The van der Waals surface area contributed by atoms with Crippen molar-refractivity contribution in [3.05, 3.63) is 0 Å². The summed E-state index contributed by atoms with van der Waals surface area (Å²) in [6, 6.07) is 0. The highest BCUT2D eigenvalue weighted by atomic mass is 16.9. The van der Waals surface area contributed by atoms with Gasteiger partial charge in [0, 0.05) is 12.3 Å². The molecule has 0 spiro atoms. The summed E-state index contributed by atoms with van der Waals surface area (Å²) in [7, 11) is 0. The van der Waals surface area contributed by atoms with Crippen LogP contribution >= 0.6 is 0 Å². The van der Waals surface area contributed by atoms with Crippen LogP contribution in [0.3, 0.4) is 0 Å². The van der Waals surface area contributed by atoms with Gasteiger partial charge in [-0.15, -0.1) is 0 Å². The average molecular weight is 186 g/mol. The molecule has 3 aliphatic rings. The number of hydrogen-bond donors (Lipinski definition) is 0. The lowest BCUT2D eigenvalue weighted by Crippen LogP contribution is -2.63. The van der Waals surface area contributed by atoms with Gasteiger partial charge in [-0.05, 0) is 5.41 Å². The summed E-state index contributed by atoms with van der Waals surface area (Å²) in [5.41, 5.74) is 0.194. The molecule has 0 unspecified atom stereocenters. The van der Waals surface area contributed by atoms with E-state index in [-0.39, 0.29) is 10.8 Å². The lowest BCUT2D eigenvalue weighted by Gasteiger charge is -2.55. The van der Waals surface area contributed by atoms with Crippen molar-refractivity contribution in [2.75, 3.05) is 19.8 Å². The summed E-state index contributed by atoms with van der Waals surface area (Å²) < 4.78 is 16.6. The summed E-state index contributed by atoms with van der Waals surface area (Å²) in [5.74, 6) is -0.771. The molecule has 3 aliphatic heterocycles. The molecular formula is C10H18O3. The molecule has 76 valence electrons. The van der Waals surface area contributed by atoms with E-state index < -0.39 is 5.97 Å². The van der Waals surface area contributed by atoms with Crippen LogP contribution in [0, 0.1) is 10.8 Å². The number of ether oxygens (including phenoxy) is 3. The first-order chi connectivity index (χ1) is 5.87. The van der Waals surface area contributed by atoms with Crippen LogP contribution in [0.15, 0.2) is 0 Å². The normalized spacial score (nSPS) is 45.2. The molecular weight excluding hydrogens is 168 g/mol. The fourth-order valence-electron chi connectivity index (χ4n) is 1.71. The molecule has 3 heteroatoms. The van der Waals surface area contributed by atoms with Crippen molar-refractivity contribution < 1.29 is 14.2 Å². The van der Waals surface area contributed by atoms with Gasteiger partial charge in [0.2, 0.25) is 0 Å². The smallest absolute Gasteiger partial charge is 0.279 e. The molecule has 2 bridgehead atoms. The van der Waals surface area contributed by atoms with E-state index in [2.05, 4.69) is 20.8 Å². The molecule has 13 heavy (non-hydrogen) atoms. The van der Waals surface area contributed by atoms with Crippen LogP contribution in [0.2, 0.25) is 0 Å². The van der Waals surface area contributed by atoms with Crippen molar-refractivity contribution in [3.8, 4) is 0 Å². The fraction of sp³-hybridized carbons (Fsp3) is 1.00. The van der Waals surface area contributed by atoms with Gasteiger partial charge >= 0.3 is 0 Å². The minimum atomic E-state index is -0.771. The second-order valence-electron chi connectivity index (χ2n) is 5.26. The van der Waals surface area contributed by atoms with E-state index in [1.54, 1.807) is 0 Å². The topological polar surface area (TPSA) is 27.7 Å². The SMILES string of the molecule is CC12OCC(C(C)(C)C)(CO1)CO2. The van der Waals surface area contributed by atoms with E-state index in [9.17, 15) is 0 Å². The average Bonchev–Trinajstić information content (AvgIpc) is 2.04. The van der Waals surface area contributed by atoms with E-state index in [4.69, 9.17) is 14.2 Å². The summed E-state index contributed by atoms with van der Waals surface area (Å²) in [6.45, 7) is 10.7. The maximum atomic E-state index is 5.55. The Morgan fingerprint density at radius 3 is 1.62 bits per heavy atom. The molecule has 0 aromatic rings. The predicted molar refractivity (Wildman–Crippen MR) is 48.1 cm³/mol. The minimum absolute atomic E-state index is 0.0325. The summed E-state index contributed by atoms with van der Waals surface area (Å²) in [6.07, 6.45) is 0. The Kier molecular flexibility index (Phi) is 1.79. The van der Waals surface area contributed by atoms with E-state index >= 15 is 0 Å². The second kappa shape index (κ2) is 2.47. The third-order valence-electron chi connectivity index (χ3n) is 3.42. The van der Waals surface area contributed by atoms with Gasteiger partial charge in [0.05, 0.1) is 19.8 Å². The third-order valence-corrected chi connectivity index (χ3v) is 3.42. The zero-order chi connectivity index (χ0) is 9.74. The van der Waals surface area contributed by atoms with Gasteiger partial charge in [0.15, 0.2) is 0 Å². The zero-order valence-electron chi connectivity index (χ0n) is 8.85. The maximum absolute atomic E-state index is 5.55. The fourth-order valence-corrected chi connectivity index (χ4v) is 1.71. The first-order valence-corrected chi connectivity index (χ1v) is 4.79. The van der Waals surface area contributed by atoms with Gasteiger partial charge in [-0.2, -0.15) is 0 Å². The third kappa shape index (κ3) is 1.30. The van der Waals surface area contributed by atoms with Crippen molar-refractivity contribution in [2.24, 2.45) is 10.8 Å². The monoisotopic (exact) mass is 186 g/mol. The van der Waals surface area contributed by atoms with E-state index in [1.165, 1.54) is 0 Å². The number of rotatable bonds is 0. The Balaban J connectivity index is 2.20. The molecule has 3 fully saturated rings. The standard InChI is InChI=1S/C10H18O3/c1-8(2,3)10-5-11-9(4,12-6-10)13-7-10/h5-7H2,1-4H3. The molecule has 3 rings (SSSR count). The maximum Gasteiger partial charge on any atom is 0.279 e. The molecule has 3 nitrogen and oxygen atoms in total. The van der Waals surface area contributed by atoms with E-state index in [0.29, 0.717) is 0 Å². The number of hydrogen-bond acceptors (Lipinski definition) is 3. The molecule has 0 aromatic heterocycles. The molecule has 0 radical (unpaired) electrons. The zero-order valence-corrected chi connectivity index (χ0v) is 8.85. The van der Waals surface area contributed by atoms with Crippen LogP contribution in [0.25, 0.3) is 0 Å². The Hall–Kier alpha value is -0.120. The van der Waals surface area contributed by atoms with Gasteiger partial charge in [-0.1, -0.05) is 20.8 Å². The van der Waals surface area contributed by atoms with Crippen molar-refractivity contribution in [1.29, 1.82) is 0 Å². The number of fused-ring (bicyclic) bond motifs is 3. The highest BCUT2D eigenvalue weighted by Crippen LogP contribution is 2.48. The molecule has 0 atom stereocenters. The Labute approximate surface area is 79.4 Å². The van der Waals surface area contributed by atoms with Gasteiger partial charge in [0.1, 0.15) is 0 Å². The molecule has 0 saturated carbocycles. The molecule has 0 amide bonds. The van der Waals surface area contributed by atoms with Crippen LogP contribution in [-0.2, 0) is 14.2 Å². The minimum Gasteiger partial charge on any atom is -0.327 e. The van der Waals surface area contributed by atoms with Crippen LogP contribution in [0.4, 0.5) is 0 Å². The predicted octanol–water partition coefficient (Wildman–Crippen LogP) is 1.77. The second-order valence-corrected chi connectivity index (χ2v) is 5.26. The first-order valence-electron chi connectivity index (χ1n) is 4.79. The van der Waals surface area contributed by atoms with Crippen molar-refractivity contribution >= 4 is 0 Å². The highest BCUT2D eigenvalue weighted by Gasteiger charge is 2.55.